The topological polar surface area (TPSA) is 83.1 Å². The molecule has 0 saturated carbocycles. The first-order valence-electron chi connectivity index (χ1n) is 9.15. The summed E-state index contributed by atoms with van der Waals surface area (Å²) < 4.78 is 10.5. The van der Waals surface area contributed by atoms with E-state index in [-0.39, 0.29) is 29.5 Å². The Kier molecular flexibility index (Phi) is 6.32. The average molecular weight is 371 g/mol. The van der Waals surface area contributed by atoms with Gasteiger partial charge in [0.15, 0.2) is 5.78 Å². The molecule has 6 nitrogen and oxygen atoms in total. The lowest BCUT2D eigenvalue weighted by Crippen LogP contribution is -2.29. The molecule has 1 aliphatic rings. The maximum absolute atomic E-state index is 12.7. The standard InChI is InChI=1S/C21H25NO5/c1-26-19-12-15(14-23)17(13-22-9-3-2-4-10-22)21(25)20(19)18(24)8-7-16-6-5-11-27-16/h5-8,11-12,23,25H,2-4,9-10,13-14H2,1H3/b8-7+. The van der Waals surface area contributed by atoms with Gasteiger partial charge in [-0.3, -0.25) is 9.69 Å². The normalized spacial score (nSPS) is 15.3. The lowest BCUT2D eigenvalue weighted by atomic mass is 9.97. The van der Waals surface area contributed by atoms with Gasteiger partial charge in [-0.25, -0.2) is 0 Å². The minimum Gasteiger partial charge on any atom is -0.507 e. The van der Waals surface area contributed by atoms with Gasteiger partial charge in [0.1, 0.15) is 22.8 Å². The van der Waals surface area contributed by atoms with Crippen molar-refractivity contribution >= 4 is 11.9 Å². The van der Waals surface area contributed by atoms with Crippen LogP contribution in [-0.2, 0) is 13.2 Å². The summed E-state index contributed by atoms with van der Waals surface area (Å²) in [6.45, 7) is 2.15. The first-order chi connectivity index (χ1) is 13.1. The van der Waals surface area contributed by atoms with Crippen LogP contribution in [0.2, 0.25) is 0 Å². The van der Waals surface area contributed by atoms with Crippen LogP contribution >= 0.6 is 0 Å². The summed E-state index contributed by atoms with van der Waals surface area (Å²) in [6.07, 6.45) is 7.85. The number of ketones is 1. The summed E-state index contributed by atoms with van der Waals surface area (Å²) in [4.78, 5) is 15.0. The van der Waals surface area contributed by atoms with E-state index >= 15 is 0 Å². The molecule has 0 radical (unpaired) electrons. The van der Waals surface area contributed by atoms with E-state index in [0.29, 0.717) is 23.4 Å². The van der Waals surface area contributed by atoms with E-state index in [1.807, 2.05) is 0 Å². The zero-order chi connectivity index (χ0) is 19.2. The zero-order valence-corrected chi connectivity index (χ0v) is 15.5. The minimum atomic E-state index is -0.384. The van der Waals surface area contributed by atoms with Crippen LogP contribution in [0.25, 0.3) is 6.08 Å². The molecule has 2 N–H and O–H groups in total. The molecule has 0 aliphatic carbocycles. The molecule has 27 heavy (non-hydrogen) atoms. The number of methoxy groups -OCH3 is 1. The van der Waals surface area contributed by atoms with Crippen LogP contribution in [-0.4, -0.2) is 41.1 Å². The van der Waals surface area contributed by atoms with Gasteiger partial charge in [0.2, 0.25) is 0 Å². The van der Waals surface area contributed by atoms with Crippen molar-refractivity contribution in [3.05, 3.63) is 53.0 Å². The average Bonchev–Trinajstić information content (AvgIpc) is 3.21. The first kappa shape index (κ1) is 19.2. The Bertz CT molecular complexity index is 804. The highest BCUT2D eigenvalue weighted by Crippen LogP contribution is 2.36. The summed E-state index contributed by atoms with van der Waals surface area (Å²) in [5, 5.41) is 20.6. The van der Waals surface area contributed by atoms with Gasteiger partial charge in [-0.15, -0.1) is 0 Å². The number of aliphatic hydroxyl groups excluding tert-OH is 1. The Hall–Kier alpha value is -2.57. The van der Waals surface area contributed by atoms with Crippen molar-refractivity contribution in [2.45, 2.75) is 32.4 Å². The molecule has 1 fully saturated rings. The highest BCUT2D eigenvalue weighted by atomic mass is 16.5. The van der Waals surface area contributed by atoms with Gasteiger partial charge < -0.3 is 19.4 Å². The zero-order valence-electron chi connectivity index (χ0n) is 15.5. The number of nitrogens with zero attached hydrogens (tertiary/aromatic N) is 1. The number of allylic oxidation sites excluding steroid dienone is 1. The molecule has 0 unspecified atom stereocenters. The minimum absolute atomic E-state index is 0.101. The molecular formula is C21H25NO5. The lowest BCUT2D eigenvalue weighted by Gasteiger charge is -2.28. The number of phenolic OH excluding ortho intramolecular Hbond substituents is 1. The molecule has 0 bridgehead atoms. The van der Waals surface area contributed by atoms with Gasteiger partial charge in [0, 0.05) is 12.1 Å². The molecule has 0 atom stereocenters. The molecule has 2 heterocycles. The van der Waals surface area contributed by atoms with Gasteiger partial charge in [-0.05, 0) is 61.8 Å². The van der Waals surface area contributed by atoms with Crippen LogP contribution in [0, 0.1) is 0 Å². The third-order valence-electron chi connectivity index (χ3n) is 4.87. The number of ether oxygens (including phenoxy) is 1. The molecule has 3 rings (SSSR count). The number of benzene rings is 1. The third kappa shape index (κ3) is 4.40. The molecule has 144 valence electrons. The van der Waals surface area contributed by atoms with E-state index in [0.717, 1.165) is 25.9 Å². The molecule has 1 aromatic carbocycles. The molecule has 1 aliphatic heterocycles. The summed E-state index contributed by atoms with van der Waals surface area (Å²) in [6, 6.07) is 5.10. The van der Waals surface area contributed by atoms with Crippen molar-refractivity contribution in [1.29, 1.82) is 0 Å². The maximum atomic E-state index is 12.7. The number of likely N-dealkylation sites (tertiary alicyclic amines) is 1. The highest BCUT2D eigenvalue weighted by Gasteiger charge is 2.24. The number of hydrogen-bond donors (Lipinski definition) is 2. The van der Waals surface area contributed by atoms with E-state index in [2.05, 4.69) is 4.90 Å². The monoisotopic (exact) mass is 371 g/mol. The second-order valence-electron chi connectivity index (χ2n) is 6.65. The highest BCUT2D eigenvalue weighted by molar-refractivity contribution is 6.10. The van der Waals surface area contributed by atoms with Crippen LogP contribution < -0.4 is 4.74 Å². The van der Waals surface area contributed by atoms with Crippen molar-refractivity contribution in [1.82, 2.24) is 4.90 Å². The molecule has 6 heteroatoms. The quantitative estimate of drug-likeness (QED) is 0.574. The van der Waals surface area contributed by atoms with Gasteiger partial charge in [0.05, 0.1) is 20.0 Å². The molecule has 2 aromatic rings. The van der Waals surface area contributed by atoms with Gasteiger partial charge in [-0.1, -0.05) is 6.42 Å². The van der Waals surface area contributed by atoms with Crippen LogP contribution in [0.4, 0.5) is 0 Å². The lowest BCUT2D eigenvalue weighted by molar-refractivity contribution is 0.104. The molecular weight excluding hydrogens is 346 g/mol. The van der Waals surface area contributed by atoms with Crippen LogP contribution in [0.15, 0.2) is 35.0 Å². The number of aromatic hydroxyl groups is 1. The smallest absolute Gasteiger partial charge is 0.193 e. The number of furan rings is 1. The second kappa shape index (κ2) is 8.88. The van der Waals surface area contributed by atoms with Crippen LogP contribution in [0.5, 0.6) is 11.5 Å². The number of rotatable bonds is 7. The van der Waals surface area contributed by atoms with E-state index in [1.54, 1.807) is 24.3 Å². The van der Waals surface area contributed by atoms with Crippen molar-refractivity contribution in [3.63, 3.8) is 0 Å². The summed E-state index contributed by atoms with van der Waals surface area (Å²) in [5.74, 6) is 0.276. The summed E-state index contributed by atoms with van der Waals surface area (Å²) >= 11 is 0. The number of hydrogen-bond acceptors (Lipinski definition) is 6. The van der Waals surface area contributed by atoms with E-state index in [9.17, 15) is 15.0 Å². The first-order valence-corrected chi connectivity index (χ1v) is 9.15. The Morgan fingerprint density at radius 2 is 2.11 bits per heavy atom. The van der Waals surface area contributed by atoms with E-state index < -0.39 is 0 Å². The fourth-order valence-corrected chi connectivity index (χ4v) is 3.42. The third-order valence-corrected chi connectivity index (χ3v) is 4.87. The summed E-state index contributed by atoms with van der Waals surface area (Å²) in [5.41, 5.74) is 1.25. The van der Waals surface area contributed by atoms with E-state index in [4.69, 9.17) is 9.15 Å². The molecule has 0 amide bonds. The number of phenols is 1. The number of carbonyl (C=O) groups excluding carboxylic acids is 1. The van der Waals surface area contributed by atoms with Gasteiger partial charge in [-0.2, -0.15) is 0 Å². The fourth-order valence-electron chi connectivity index (χ4n) is 3.42. The second-order valence-corrected chi connectivity index (χ2v) is 6.65. The van der Waals surface area contributed by atoms with Crippen molar-refractivity contribution in [3.8, 4) is 11.5 Å². The Labute approximate surface area is 158 Å². The van der Waals surface area contributed by atoms with Crippen LogP contribution in [0.1, 0.15) is 46.5 Å². The number of carbonyl (C=O) groups is 1. The largest absolute Gasteiger partial charge is 0.507 e. The number of piperidine rings is 1. The van der Waals surface area contributed by atoms with Gasteiger partial charge >= 0.3 is 0 Å². The van der Waals surface area contributed by atoms with Crippen molar-refractivity contribution < 1.29 is 24.2 Å². The van der Waals surface area contributed by atoms with Crippen molar-refractivity contribution in [2.24, 2.45) is 0 Å². The Balaban J connectivity index is 1.95. The SMILES string of the molecule is COc1cc(CO)c(CN2CCCCC2)c(O)c1C(=O)/C=C/c1ccco1. The van der Waals surface area contributed by atoms with Crippen LogP contribution in [0.3, 0.4) is 0 Å². The fraction of sp³-hybridized carbons (Fsp3) is 0.381. The van der Waals surface area contributed by atoms with E-state index in [1.165, 1.54) is 25.9 Å². The Morgan fingerprint density at radius 3 is 2.74 bits per heavy atom. The molecule has 1 saturated heterocycles. The number of aliphatic hydroxyl groups is 1. The maximum Gasteiger partial charge on any atom is 0.193 e. The predicted octanol–water partition coefficient (Wildman–Crippen LogP) is 3.37. The van der Waals surface area contributed by atoms with Crippen molar-refractivity contribution in [2.75, 3.05) is 20.2 Å². The predicted molar refractivity (Wildman–Crippen MR) is 102 cm³/mol. The molecule has 1 aromatic heterocycles. The molecule has 0 spiro atoms. The Morgan fingerprint density at radius 1 is 1.33 bits per heavy atom. The van der Waals surface area contributed by atoms with Gasteiger partial charge in [0.25, 0.3) is 0 Å². The summed E-state index contributed by atoms with van der Waals surface area (Å²) in [7, 11) is 1.44.